The van der Waals surface area contributed by atoms with Crippen LogP contribution in [0.15, 0.2) is 24.3 Å². The van der Waals surface area contributed by atoms with E-state index in [1.807, 2.05) is 0 Å². The first-order valence-corrected chi connectivity index (χ1v) is 6.87. The monoisotopic (exact) mass is 285 g/mol. The van der Waals surface area contributed by atoms with Gasteiger partial charge >= 0.3 is 5.97 Å². The summed E-state index contributed by atoms with van der Waals surface area (Å²) in [5.41, 5.74) is 0.430. The van der Waals surface area contributed by atoms with Crippen LogP contribution in [0, 0.1) is 5.82 Å². The van der Waals surface area contributed by atoms with E-state index in [1.165, 1.54) is 17.8 Å². The number of benzene rings is 1. The molecule has 4 nitrogen and oxygen atoms in total. The van der Waals surface area contributed by atoms with E-state index in [2.05, 4.69) is 5.32 Å². The van der Waals surface area contributed by atoms with Gasteiger partial charge in [-0.15, -0.1) is 11.8 Å². The Hall–Kier alpha value is -1.56. The Balaban J connectivity index is 2.29. The number of nitrogens with one attached hydrogen (secondary N) is 1. The largest absolute Gasteiger partial charge is 0.481 e. The zero-order valence-corrected chi connectivity index (χ0v) is 11.4. The van der Waals surface area contributed by atoms with Crippen LogP contribution < -0.4 is 5.32 Å². The molecular weight excluding hydrogens is 269 g/mol. The Morgan fingerprint density at radius 1 is 1.42 bits per heavy atom. The van der Waals surface area contributed by atoms with Crippen molar-refractivity contribution in [2.45, 2.75) is 25.1 Å². The second-order valence-corrected chi connectivity index (χ2v) is 5.51. The van der Waals surface area contributed by atoms with Crippen molar-refractivity contribution in [3.05, 3.63) is 35.6 Å². The minimum Gasteiger partial charge on any atom is -0.481 e. The quantitative estimate of drug-likeness (QED) is 0.804. The zero-order valence-electron chi connectivity index (χ0n) is 10.6. The van der Waals surface area contributed by atoms with Crippen LogP contribution in [0.25, 0.3) is 0 Å². The highest BCUT2D eigenvalue weighted by Gasteiger charge is 2.11. The number of halogens is 1. The third-order valence-electron chi connectivity index (χ3n) is 2.39. The van der Waals surface area contributed by atoms with Gasteiger partial charge < -0.3 is 10.4 Å². The first kappa shape index (κ1) is 15.5. The first-order valence-electron chi connectivity index (χ1n) is 5.82. The van der Waals surface area contributed by atoms with Gasteiger partial charge in [-0.3, -0.25) is 9.59 Å². The normalized spacial score (nSPS) is 11.9. The topological polar surface area (TPSA) is 66.4 Å². The summed E-state index contributed by atoms with van der Waals surface area (Å²) in [7, 11) is 0. The summed E-state index contributed by atoms with van der Waals surface area (Å²) in [6.07, 6.45) is 0.0191. The molecule has 0 spiro atoms. The van der Waals surface area contributed by atoms with Gasteiger partial charge in [0.2, 0.25) is 5.91 Å². The molecule has 0 saturated heterocycles. The molecule has 0 fully saturated rings. The van der Waals surface area contributed by atoms with Gasteiger partial charge in [0.1, 0.15) is 5.82 Å². The number of amides is 1. The minimum absolute atomic E-state index is 0.0191. The molecule has 1 aromatic carbocycles. The van der Waals surface area contributed by atoms with Crippen molar-refractivity contribution in [1.29, 1.82) is 0 Å². The van der Waals surface area contributed by atoms with Crippen LogP contribution in [-0.2, 0) is 16.1 Å². The van der Waals surface area contributed by atoms with Gasteiger partial charge in [-0.1, -0.05) is 25.1 Å². The number of hydrogen-bond donors (Lipinski definition) is 2. The van der Waals surface area contributed by atoms with E-state index in [0.717, 1.165) is 0 Å². The summed E-state index contributed by atoms with van der Waals surface area (Å²) < 4.78 is 13.3. The van der Waals surface area contributed by atoms with Crippen molar-refractivity contribution in [2.75, 3.05) is 5.75 Å². The van der Waals surface area contributed by atoms with Crippen LogP contribution in [0.5, 0.6) is 0 Å². The lowest BCUT2D eigenvalue weighted by Gasteiger charge is -2.09. The standard InChI is InChI=1S/C13H16FNO3S/c1-9(6-13(17)18)19-8-12(16)15-7-10-4-2-3-5-11(10)14/h2-5,9H,6-8H2,1H3,(H,15,16)(H,17,18). The van der Waals surface area contributed by atoms with Crippen LogP contribution >= 0.6 is 11.8 Å². The highest BCUT2D eigenvalue weighted by molar-refractivity contribution is 8.00. The van der Waals surface area contributed by atoms with Gasteiger partial charge in [0, 0.05) is 17.4 Å². The summed E-state index contributed by atoms with van der Waals surface area (Å²) in [5.74, 6) is -1.30. The molecule has 2 N–H and O–H groups in total. The molecule has 0 aromatic heterocycles. The molecule has 1 aromatic rings. The predicted octanol–water partition coefficient (Wildman–Crippen LogP) is 2.04. The van der Waals surface area contributed by atoms with E-state index in [4.69, 9.17) is 5.11 Å². The Bertz CT molecular complexity index is 453. The van der Waals surface area contributed by atoms with Gasteiger partial charge in [0.05, 0.1) is 12.2 Å². The van der Waals surface area contributed by atoms with Crippen molar-refractivity contribution in [3.8, 4) is 0 Å². The van der Waals surface area contributed by atoms with Crippen LogP contribution in [-0.4, -0.2) is 28.0 Å². The molecule has 6 heteroatoms. The van der Waals surface area contributed by atoms with E-state index in [0.29, 0.717) is 5.56 Å². The van der Waals surface area contributed by atoms with Crippen molar-refractivity contribution in [1.82, 2.24) is 5.32 Å². The van der Waals surface area contributed by atoms with Gasteiger partial charge in [-0.05, 0) is 6.07 Å². The molecule has 0 bridgehead atoms. The molecular formula is C13H16FNO3S. The lowest BCUT2D eigenvalue weighted by atomic mass is 10.2. The fourth-order valence-electron chi connectivity index (χ4n) is 1.41. The fourth-order valence-corrected chi connectivity index (χ4v) is 2.21. The first-order chi connectivity index (χ1) is 8.99. The average Bonchev–Trinajstić information content (AvgIpc) is 2.34. The molecule has 1 atom stereocenters. The van der Waals surface area contributed by atoms with Crippen LogP contribution in [0.2, 0.25) is 0 Å². The fraction of sp³-hybridized carbons (Fsp3) is 0.385. The molecule has 1 amide bonds. The summed E-state index contributed by atoms with van der Waals surface area (Å²) in [6.45, 7) is 1.89. The van der Waals surface area contributed by atoms with Crippen molar-refractivity contribution in [3.63, 3.8) is 0 Å². The predicted molar refractivity (Wildman–Crippen MR) is 72.4 cm³/mol. The van der Waals surface area contributed by atoms with Gasteiger partial charge in [-0.2, -0.15) is 0 Å². The van der Waals surface area contributed by atoms with E-state index in [9.17, 15) is 14.0 Å². The second kappa shape index (κ2) is 7.78. The molecule has 19 heavy (non-hydrogen) atoms. The van der Waals surface area contributed by atoms with Gasteiger partial charge in [0.25, 0.3) is 0 Å². The van der Waals surface area contributed by atoms with Crippen molar-refractivity contribution < 1.29 is 19.1 Å². The SMILES string of the molecule is CC(CC(=O)O)SCC(=O)NCc1ccccc1F. The van der Waals surface area contributed by atoms with E-state index < -0.39 is 5.97 Å². The maximum Gasteiger partial charge on any atom is 0.304 e. The molecule has 0 heterocycles. The summed E-state index contributed by atoms with van der Waals surface area (Å²) in [5, 5.41) is 11.0. The molecule has 0 saturated carbocycles. The summed E-state index contributed by atoms with van der Waals surface area (Å²) in [4.78, 5) is 22.0. The Morgan fingerprint density at radius 3 is 2.74 bits per heavy atom. The summed E-state index contributed by atoms with van der Waals surface area (Å²) >= 11 is 1.27. The van der Waals surface area contributed by atoms with Crippen molar-refractivity contribution >= 4 is 23.6 Å². The number of thioether (sulfide) groups is 1. The average molecular weight is 285 g/mol. The maximum atomic E-state index is 13.3. The molecule has 0 aliphatic carbocycles. The lowest BCUT2D eigenvalue weighted by molar-refractivity contribution is -0.136. The Kier molecular flexibility index (Phi) is 6.35. The number of rotatable bonds is 7. The number of hydrogen-bond acceptors (Lipinski definition) is 3. The highest BCUT2D eigenvalue weighted by Crippen LogP contribution is 2.13. The van der Waals surface area contributed by atoms with E-state index in [-0.39, 0.29) is 35.7 Å². The minimum atomic E-state index is -0.883. The number of carboxylic acids is 1. The highest BCUT2D eigenvalue weighted by atomic mass is 32.2. The molecule has 1 rings (SSSR count). The van der Waals surface area contributed by atoms with Crippen molar-refractivity contribution in [2.24, 2.45) is 0 Å². The van der Waals surface area contributed by atoms with Crippen LogP contribution in [0.3, 0.4) is 0 Å². The number of carbonyl (C=O) groups excluding carboxylic acids is 1. The molecule has 0 aliphatic heterocycles. The third-order valence-corrected chi connectivity index (χ3v) is 3.56. The molecule has 104 valence electrons. The number of carbonyl (C=O) groups is 2. The van der Waals surface area contributed by atoms with Gasteiger partial charge in [-0.25, -0.2) is 4.39 Å². The maximum absolute atomic E-state index is 13.3. The lowest BCUT2D eigenvalue weighted by Crippen LogP contribution is -2.26. The number of carboxylic acid groups (broad SMARTS) is 1. The smallest absolute Gasteiger partial charge is 0.304 e. The Labute approximate surface area is 115 Å². The van der Waals surface area contributed by atoms with Crippen LogP contribution in [0.1, 0.15) is 18.9 Å². The van der Waals surface area contributed by atoms with E-state index >= 15 is 0 Å². The molecule has 1 unspecified atom stereocenters. The van der Waals surface area contributed by atoms with E-state index in [1.54, 1.807) is 25.1 Å². The molecule has 0 radical (unpaired) electrons. The van der Waals surface area contributed by atoms with Gasteiger partial charge in [0.15, 0.2) is 0 Å². The number of aliphatic carboxylic acids is 1. The Morgan fingerprint density at radius 2 is 2.11 bits per heavy atom. The van der Waals surface area contributed by atoms with Crippen LogP contribution in [0.4, 0.5) is 4.39 Å². The zero-order chi connectivity index (χ0) is 14.3. The second-order valence-electron chi connectivity index (χ2n) is 4.09. The molecule has 0 aliphatic rings. The summed E-state index contributed by atoms with van der Waals surface area (Å²) in [6, 6.07) is 6.24. The third kappa shape index (κ3) is 6.24.